The zero-order valence-corrected chi connectivity index (χ0v) is 12.8. The van der Waals surface area contributed by atoms with Crippen LogP contribution in [0, 0.1) is 5.41 Å². The molecule has 4 nitrogen and oxygen atoms in total. The summed E-state index contributed by atoms with van der Waals surface area (Å²) in [4.78, 5) is 23.2. The Balaban J connectivity index is 1.63. The maximum Gasteiger partial charge on any atom is 0.307 e. The van der Waals surface area contributed by atoms with Gasteiger partial charge in [0.25, 0.3) is 0 Å². The van der Waals surface area contributed by atoms with Gasteiger partial charge in [0.15, 0.2) is 0 Å². The maximum atomic E-state index is 12.6. The first-order valence-electron chi connectivity index (χ1n) is 7.74. The second kappa shape index (κ2) is 6.24. The summed E-state index contributed by atoms with van der Waals surface area (Å²) in [5.41, 5.74) is 2.32. The molecule has 23 heavy (non-hydrogen) atoms. The first-order valence-corrected chi connectivity index (χ1v) is 7.74. The summed E-state index contributed by atoms with van der Waals surface area (Å²) in [5.74, 6) is -0.811. The van der Waals surface area contributed by atoms with Crippen LogP contribution in [0.25, 0.3) is 0 Å². The molecule has 2 N–H and O–H groups in total. The fourth-order valence-corrected chi connectivity index (χ4v) is 2.77. The molecule has 118 valence electrons. The van der Waals surface area contributed by atoms with Gasteiger partial charge in [-0.1, -0.05) is 42.5 Å². The number of amides is 1. The summed E-state index contributed by atoms with van der Waals surface area (Å²) in [7, 11) is 0. The Hall–Kier alpha value is -2.62. The van der Waals surface area contributed by atoms with Crippen molar-refractivity contribution >= 4 is 17.6 Å². The number of carboxylic acids is 1. The molecule has 0 heterocycles. The lowest BCUT2D eigenvalue weighted by Gasteiger charge is -2.15. The van der Waals surface area contributed by atoms with Crippen molar-refractivity contribution in [3.05, 3.63) is 65.7 Å². The Morgan fingerprint density at radius 1 is 0.957 bits per heavy atom. The first kappa shape index (κ1) is 15.3. The zero-order chi connectivity index (χ0) is 16.3. The van der Waals surface area contributed by atoms with Gasteiger partial charge in [-0.05, 0) is 42.5 Å². The summed E-state index contributed by atoms with van der Waals surface area (Å²) in [6.07, 6.45) is 2.57. The van der Waals surface area contributed by atoms with E-state index in [1.807, 2.05) is 30.3 Å². The van der Waals surface area contributed by atoms with Gasteiger partial charge in [0.2, 0.25) is 5.91 Å². The zero-order valence-electron chi connectivity index (χ0n) is 12.8. The molecule has 1 fully saturated rings. The molecule has 1 aliphatic carbocycles. The molecule has 1 saturated carbocycles. The Labute approximate surface area is 135 Å². The van der Waals surface area contributed by atoms with E-state index in [2.05, 4.69) is 5.32 Å². The third kappa shape index (κ3) is 3.77. The highest BCUT2D eigenvalue weighted by Crippen LogP contribution is 2.49. The van der Waals surface area contributed by atoms with E-state index in [0.29, 0.717) is 5.69 Å². The molecule has 0 aliphatic heterocycles. The van der Waals surface area contributed by atoms with Crippen molar-refractivity contribution in [1.29, 1.82) is 0 Å². The number of benzene rings is 2. The van der Waals surface area contributed by atoms with Crippen LogP contribution >= 0.6 is 0 Å². The van der Waals surface area contributed by atoms with Crippen LogP contribution in [0.2, 0.25) is 0 Å². The highest BCUT2D eigenvalue weighted by atomic mass is 16.4. The number of hydrogen-bond acceptors (Lipinski definition) is 2. The summed E-state index contributed by atoms with van der Waals surface area (Å²) in [6.45, 7) is 0. The predicted molar refractivity (Wildman–Crippen MR) is 88.2 cm³/mol. The van der Waals surface area contributed by atoms with Crippen molar-refractivity contribution in [2.75, 3.05) is 5.32 Å². The summed E-state index contributed by atoms with van der Waals surface area (Å²) < 4.78 is 0. The molecule has 0 unspecified atom stereocenters. The van der Waals surface area contributed by atoms with Crippen molar-refractivity contribution < 1.29 is 14.7 Å². The lowest BCUT2D eigenvalue weighted by atomic mass is 9.95. The summed E-state index contributed by atoms with van der Waals surface area (Å²) >= 11 is 0. The van der Waals surface area contributed by atoms with Crippen LogP contribution < -0.4 is 5.32 Å². The van der Waals surface area contributed by atoms with E-state index in [4.69, 9.17) is 5.11 Å². The third-order valence-electron chi connectivity index (χ3n) is 4.29. The normalized spacial score (nSPS) is 15.0. The van der Waals surface area contributed by atoms with Crippen molar-refractivity contribution in [1.82, 2.24) is 0 Å². The highest BCUT2D eigenvalue weighted by molar-refractivity contribution is 5.97. The monoisotopic (exact) mass is 309 g/mol. The minimum Gasteiger partial charge on any atom is -0.481 e. The molecule has 0 bridgehead atoms. The molecule has 4 heteroatoms. The average molecular weight is 309 g/mol. The fraction of sp³-hybridized carbons (Fsp3) is 0.263. The van der Waals surface area contributed by atoms with E-state index < -0.39 is 5.97 Å². The van der Waals surface area contributed by atoms with Crippen molar-refractivity contribution in [2.45, 2.75) is 25.7 Å². The third-order valence-corrected chi connectivity index (χ3v) is 4.29. The van der Waals surface area contributed by atoms with E-state index in [1.54, 1.807) is 24.3 Å². The van der Waals surface area contributed by atoms with E-state index >= 15 is 0 Å². The topological polar surface area (TPSA) is 66.4 Å². The molecular weight excluding hydrogens is 290 g/mol. The first-order chi connectivity index (χ1) is 11.1. The van der Waals surface area contributed by atoms with Gasteiger partial charge in [-0.2, -0.15) is 0 Å². The number of carbonyl (C=O) groups is 2. The number of hydrogen-bond donors (Lipinski definition) is 2. The minimum absolute atomic E-state index is 0.00777. The van der Waals surface area contributed by atoms with Gasteiger partial charge in [-0.25, -0.2) is 0 Å². The Morgan fingerprint density at radius 3 is 2.17 bits per heavy atom. The molecule has 0 aromatic heterocycles. The summed E-state index contributed by atoms with van der Waals surface area (Å²) in [5, 5.41) is 11.7. The summed E-state index contributed by atoms with van der Waals surface area (Å²) in [6, 6.07) is 17.0. The Bertz CT molecular complexity index is 703. The molecule has 1 aliphatic rings. The molecule has 1 amide bonds. The van der Waals surface area contributed by atoms with Crippen LogP contribution in [0.15, 0.2) is 54.6 Å². The van der Waals surface area contributed by atoms with Crippen LogP contribution in [0.3, 0.4) is 0 Å². The maximum absolute atomic E-state index is 12.6. The fourth-order valence-electron chi connectivity index (χ4n) is 2.77. The van der Waals surface area contributed by atoms with Gasteiger partial charge in [0, 0.05) is 5.69 Å². The van der Waals surface area contributed by atoms with Gasteiger partial charge in [0.05, 0.1) is 11.8 Å². The van der Waals surface area contributed by atoms with Crippen LogP contribution in [0.4, 0.5) is 5.69 Å². The van der Waals surface area contributed by atoms with Gasteiger partial charge in [-0.3, -0.25) is 9.59 Å². The van der Waals surface area contributed by atoms with Crippen LogP contribution in [0.1, 0.15) is 24.0 Å². The molecule has 2 aromatic carbocycles. The second-order valence-electron chi connectivity index (χ2n) is 6.16. The molecule has 0 radical (unpaired) electrons. The lowest BCUT2D eigenvalue weighted by molar-refractivity contribution is -0.136. The number of nitrogens with one attached hydrogen (secondary N) is 1. The smallest absolute Gasteiger partial charge is 0.307 e. The van der Waals surface area contributed by atoms with Crippen LogP contribution in [-0.4, -0.2) is 17.0 Å². The van der Waals surface area contributed by atoms with E-state index in [1.165, 1.54) is 5.56 Å². The van der Waals surface area contributed by atoms with E-state index in [0.717, 1.165) is 24.8 Å². The minimum atomic E-state index is -0.860. The van der Waals surface area contributed by atoms with Gasteiger partial charge in [-0.15, -0.1) is 0 Å². The van der Waals surface area contributed by atoms with E-state index in [9.17, 15) is 9.59 Å². The van der Waals surface area contributed by atoms with Gasteiger partial charge in [0.1, 0.15) is 0 Å². The van der Waals surface area contributed by atoms with Crippen LogP contribution in [-0.2, 0) is 22.4 Å². The second-order valence-corrected chi connectivity index (χ2v) is 6.16. The SMILES string of the molecule is O=C(O)Cc1ccc(NC(=O)C2(Cc3ccccc3)CC2)cc1. The largest absolute Gasteiger partial charge is 0.481 e. The van der Waals surface area contributed by atoms with Crippen molar-refractivity contribution in [3.63, 3.8) is 0 Å². The van der Waals surface area contributed by atoms with Gasteiger partial charge >= 0.3 is 5.97 Å². The average Bonchev–Trinajstić information content (AvgIpc) is 3.30. The van der Waals surface area contributed by atoms with Crippen molar-refractivity contribution in [2.24, 2.45) is 5.41 Å². The molecule has 2 aromatic rings. The number of rotatable bonds is 6. The molecule has 0 spiro atoms. The Kier molecular flexibility index (Phi) is 4.15. The number of carbonyl (C=O) groups excluding carboxylic acids is 1. The highest BCUT2D eigenvalue weighted by Gasteiger charge is 2.49. The van der Waals surface area contributed by atoms with E-state index in [-0.39, 0.29) is 17.7 Å². The molecule has 3 rings (SSSR count). The quantitative estimate of drug-likeness (QED) is 0.860. The molecule has 0 atom stereocenters. The predicted octanol–water partition coefficient (Wildman–Crippen LogP) is 3.28. The molecular formula is C19H19NO3. The van der Waals surface area contributed by atoms with Crippen LogP contribution in [0.5, 0.6) is 0 Å². The lowest BCUT2D eigenvalue weighted by Crippen LogP contribution is -2.26. The standard InChI is InChI=1S/C19H19NO3/c21-17(22)12-14-6-8-16(9-7-14)20-18(23)19(10-11-19)13-15-4-2-1-3-5-15/h1-9H,10-13H2,(H,20,23)(H,21,22). The van der Waals surface area contributed by atoms with Crippen molar-refractivity contribution in [3.8, 4) is 0 Å². The number of carboxylic acid groups (broad SMARTS) is 1. The number of anilines is 1. The number of aliphatic carboxylic acids is 1. The Morgan fingerprint density at radius 2 is 1.61 bits per heavy atom. The molecule has 0 saturated heterocycles. The van der Waals surface area contributed by atoms with Gasteiger partial charge < -0.3 is 10.4 Å².